The molecule has 0 rings (SSSR count). The third-order valence-corrected chi connectivity index (χ3v) is 2.64. The van der Waals surface area contributed by atoms with Crippen molar-refractivity contribution in [1.82, 2.24) is 5.32 Å². The Labute approximate surface area is 93.5 Å². The molecule has 3 heteroatoms. The summed E-state index contributed by atoms with van der Waals surface area (Å²) in [5, 5.41) is 21.3. The monoisotopic (exact) mass is 212 g/mol. The number of hydrogen-bond donors (Lipinski definition) is 2. The summed E-state index contributed by atoms with van der Waals surface area (Å²) in [6.07, 6.45) is 1.21. The summed E-state index contributed by atoms with van der Waals surface area (Å²) >= 11 is 0. The summed E-state index contributed by atoms with van der Waals surface area (Å²) in [4.78, 5) is 0. The Morgan fingerprint density at radius 2 is 2.00 bits per heavy atom. The lowest BCUT2D eigenvalue weighted by molar-refractivity contribution is 0.119. The zero-order valence-electron chi connectivity index (χ0n) is 10.4. The van der Waals surface area contributed by atoms with Gasteiger partial charge in [-0.15, -0.1) is 0 Å². The van der Waals surface area contributed by atoms with E-state index in [2.05, 4.69) is 25.2 Å². The lowest BCUT2D eigenvalue weighted by Crippen LogP contribution is -2.36. The van der Waals surface area contributed by atoms with E-state index in [0.717, 1.165) is 13.0 Å². The summed E-state index contributed by atoms with van der Waals surface area (Å²) in [6.45, 7) is 9.77. The van der Waals surface area contributed by atoms with Crippen molar-refractivity contribution in [3.05, 3.63) is 0 Å². The molecule has 88 valence electrons. The standard InChI is InChI=1S/C12H24N2O/c1-10(2)11(15)8-14-9-12(3,4)6-5-7-13/h10-11,14-15H,5-6,8-9H2,1-4H3. The van der Waals surface area contributed by atoms with Crippen LogP contribution in [0.4, 0.5) is 0 Å². The Morgan fingerprint density at radius 1 is 1.40 bits per heavy atom. The molecule has 0 aromatic carbocycles. The number of nitriles is 1. The normalized spacial score (nSPS) is 13.9. The predicted octanol–water partition coefficient (Wildman–Crippen LogP) is 1.92. The SMILES string of the molecule is CC(C)C(O)CNCC(C)(C)CCC#N. The zero-order chi connectivity index (χ0) is 11.9. The Morgan fingerprint density at radius 3 is 2.47 bits per heavy atom. The van der Waals surface area contributed by atoms with Crippen LogP contribution in [0.1, 0.15) is 40.5 Å². The molecule has 1 atom stereocenters. The van der Waals surface area contributed by atoms with E-state index in [-0.39, 0.29) is 11.5 Å². The van der Waals surface area contributed by atoms with Gasteiger partial charge < -0.3 is 10.4 Å². The smallest absolute Gasteiger partial charge is 0.0687 e. The Kier molecular flexibility index (Phi) is 6.55. The van der Waals surface area contributed by atoms with Crippen LogP contribution in [0.3, 0.4) is 0 Å². The van der Waals surface area contributed by atoms with Crippen LogP contribution in [0, 0.1) is 22.7 Å². The van der Waals surface area contributed by atoms with Crippen LogP contribution in [0.5, 0.6) is 0 Å². The molecular formula is C12H24N2O. The van der Waals surface area contributed by atoms with Gasteiger partial charge in [0.05, 0.1) is 12.2 Å². The first kappa shape index (κ1) is 14.4. The first-order valence-corrected chi connectivity index (χ1v) is 5.65. The molecule has 0 aromatic heterocycles. The van der Waals surface area contributed by atoms with Gasteiger partial charge in [-0.05, 0) is 17.8 Å². The number of aliphatic hydroxyl groups excluding tert-OH is 1. The largest absolute Gasteiger partial charge is 0.392 e. The second kappa shape index (κ2) is 6.81. The molecule has 0 saturated carbocycles. The van der Waals surface area contributed by atoms with Crippen molar-refractivity contribution in [2.75, 3.05) is 13.1 Å². The minimum absolute atomic E-state index is 0.131. The summed E-state index contributed by atoms with van der Waals surface area (Å²) in [6, 6.07) is 2.16. The highest BCUT2D eigenvalue weighted by molar-refractivity contribution is 4.79. The van der Waals surface area contributed by atoms with E-state index in [1.807, 2.05) is 13.8 Å². The van der Waals surface area contributed by atoms with Crippen LogP contribution < -0.4 is 5.32 Å². The first-order valence-electron chi connectivity index (χ1n) is 5.65. The number of hydrogen-bond acceptors (Lipinski definition) is 3. The number of aliphatic hydroxyl groups is 1. The molecule has 2 N–H and O–H groups in total. The molecule has 3 nitrogen and oxygen atoms in total. The van der Waals surface area contributed by atoms with Gasteiger partial charge in [0.25, 0.3) is 0 Å². The van der Waals surface area contributed by atoms with Gasteiger partial charge >= 0.3 is 0 Å². The molecule has 0 aliphatic heterocycles. The highest BCUT2D eigenvalue weighted by atomic mass is 16.3. The minimum atomic E-state index is -0.281. The van der Waals surface area contributed by atoms with Crippen LogP contribution in [0.2, 0.25) is 0 Å². The third-order valence-electron chi connectivity index (χ3n) is 2.64. The molecule has 0 saturated heterocycles. The van der Waals surface area contributed by atoms with Crippen molar-refractivity contribution >= 4 is 0 Å². The number of nitrogens with zero attached hydrogens (tertiary/aromatic N) is 1. The van der Waals surface area contributed by atoms with Gasteiger partial charge in [-0.3, -0.25) is 0 Å². The molecule has 1 unspecified atom stereocenters. The molecule has 15 heavy (non-hydrogen) atoms. The molecule has 0 spiro atoms. The second-order valence-corrected chi connectivity index (χ2v) is 5.26. The van der Waals surface area contributed by atoms with Gasteiger partial charge in [-0.1, -0.05) is 27.7 Å². The molecule has 0 aliphatic rings. The van der Waals surface area contributed by atoms with Crippen LogP contribution >= 0.6 is 0 Å². The van der Waals surface area contributed by atoms with Gasteiger partial charge in [0.1, 0.15) is 0 Å². The first-order chi connectivity index (χ1) is 6.89. The van der Waals surface area contributed by atoms with Crippen molar-refractivity contribution in [3.63, 3.8) is 0 Å². The van der Waals surface area contributed by atoms with Gasteiger partial charge in [-0.2, -0.15) is 5.26 Å². The van der Waals surface area contributed by atoms with E-state index < -0.39 is 0 Å². The summed E-state index contributed by atoms with van der Waals surface area (Å²) in [7, 11) is 0. The average molecular weight is 212 g/mol. The molecule has 0 fully saturated rings. The third kappa shape index (κ3) is 7.35. The van der Waals surface area contributed by atoms with E-state index in [1.54, 1.807) is 0 Å². The molecule has 0 heterocycles. The van der Waals surface area contributed by atoms with E-state index in [9.17, 15) is 5.11 Å². The fraction of sp³-hybridized carbons (Fsp3) is 0.917. The van der Waals surface area contributed by atoms with Gasteiger partial charge in [0.15, 0.2) is 0 Å². The van der Waals surface area contributed by atoms with Gasteiger partial charge in [0, 0.05) is 19.5 Å². The molecule has 0 aromatic rings. The highest BCUT2D eigenvalue weighted by Gasteiger charge is 2.17. The zero-order valence-corrected chi connectivity index (χ0v) is 10.4. The lowest BCUT2D eigenvalue weighted by atomic mass is 9.88. The summed E-state index contributed by atoms with van der Waals surface area (Å²) in [5.41, 5.74) is 0.131. The van der Waals surface area contributed by atoms with Crippen molar-refractivity contribution in [1.29, 1.82) is 5.26 Å². The lowest BCUT2D eigenvalue weighted by Gasteiger charge is -2.25. The van der Waals surface area contributed by atoms with Crippen molar-refractivity contribution < 1.29 is 5.11 Å². The molecule has 0 aliphatic carbocycles. The van der Waals surface area contributed by atoms with Crippen LogP contribution in [-0.4, -0.2) is 24.3 Å². The maximum atomic E-state index is 9.58. The predicted molar refractivity (Wildman–Crippen MR) is 62.3 cm³/mol. The minimum Gasteiger partial charge on any atom is -0.392 e. The number of nitrogens with one attached hydrogen (secondary N) is 1. The average Bonchev–Trinajstić information content (AvgIpc) is 2.14. The molecule has 0 bridgehead atoms. The maximum absolute atomic E-state index is 9.58. The topological polar surface area (TPSA) is 56.0 Å². The van der Waals surface area contributed by atoms with Crippen molar-refractivity contribution in [2.45, 2.75) is 46.6 Å². The van der Waals surface area contributed by atoms with E-state index in [4.69, 9.17) is 5.26 Å². The van der Waals surface area contributed by atoms with Crippen LogP contribution in [-0.2, 0) is 0 Å². The Bertz CT molecular complexity index is 206. The van der Waals surface area contributed by atoms with Gasteiger partial charge in [0.2, 0.25) is 0 Å². The highest BCUT2D eigenvalue weighted by Crippen LogP contribution is 2.20. The fourth-order valence-electron chi connectivity index (χ4n) is 1.28. The van der Waals surface area contributed by atoms with Crippen LogP contribution in [0.15, 0.2) is 0 Å². The molecular weight excluding hydrogens is 188 g/mol. The van der Waals surface area contributed by atoms with Crippen LogP contribution in [0.25, 0.3) is 0 Å². The van der Waals surface area contributed by atoms with E-state index in [1.165, 1.54) is 0 Å². The van der Waals surface area contributed by atoms with Crippen molar-refractivity contribution in [2.24, 2.45) is 11.3 Å². The van der Waals surface area contributed by atoms with Gasteiger partial charge in [-0.25, -0.2) is 0 Å². The molecule has 0 amide bonds. The quantitative estimate of drug-likeness (QED) is 0.678. The van der Waals surface area contributed by atoms with E-state index in [0.29, 0.717) is 18.9 Å². The van der Waals surface area contributed by atoms with Crippen molar-refractivity contribution in [3.8, 4) is 6.07 Å². The Hall–Kier alpha value is -0.590. The van der Waals surface area contributed by atoms with E-state index >= 15 is 0 Å². The second-order valence-electron chi connectivity index (χ2n) is 5.26. The number of rotatable bonds is 7. The molecule has 0 radical (unpaired) electrons. The summed E-state index contributed by atoms with van der Waals surface area (Å²) < 4.78 is 0. The fourth-order valence-corrected chi connectivity index (χ4v) is 1.28. The Balaban J connectivity index is 3.70. The summed E-state index contributed by atoms with van der Waals surface area (Å²) in [5.74, 6) is 0.291. The maximum Gasteiger partial charge on any atom is 0.0687 e.